The fourth-order valence-corrected chi connectivity index (χ4v) is 1.76. The number of nitrogens with zero attached hydrogens (tertiary/aromatic N) is 3. The average Bonchev–Trinajstić information content (AvgIpc) is 2.28. The van der Waals surface area contributed by atoms with Gasteiger partial charge >= 0.3 is 0 Å². The summed E-state index contributed by atoms with van der Waals surface area (Å²) < 4.78 is 5.25. The third-order valence-corrected chi connectivity index (χ3v) is 2.57. The van der Waals surface area contributed by atoms with Gasteiger partial charge in [-0.3, -0.25) is 0 Å². The molecule has 1 aliphatic carbocycles. The van der Waals surface area contributed by atoms with Crippen LogP contribution in [0.1, 0.15) is 25.7 Å². The highest BCUT2D eigenvalue weighted by molar-refractivity contribution is 5.48. The van der Waals surface area contributed by atoms with Crippen molar-refractivity contribution in [3.63, 3.8) is 0 Å². The van der Waals surface area contributed by atoms with E-state index in [0.29, 0.717) is 12.5 Å². The lowest BCUT2D eigenvalue weighted by Crippen LogP contribution is -2.22. The molecule has 0 amide bonds. The van der Waals surface area contributed by atoms with Gasteiger partial charge in [0.1, 0.15) is 0 Å². The summed E-state index contributed by atoms with van der Waals surface area (Å²) in [5.74, 6) is 0.471. The molecule has 5 nitrogen and oxygen atoms in total. The average molecular weight is 207 g/mol. The number of hydrogen-bond acceptors (Lipinski definition) is 5. The SMILES string of the molecule is N#C/N=C/O[C@H]1CC[C@H](CN=C=O)CC1. The number of aliphatic imine (C=N–C) groups is 2. The minimum Gasteiger partial charge on any atom is -0.479 e. The van der Waals surface area contributed by atoms with Crippen LogP contribution in [0.15, 0.2) is 9.98 Å². The zero-order chi connectivity index (χ0) is 10.9. The predicted molar refractivity (Wildman–Crippen MR) is 53.9 cm³/mol. The van der Waals surface area contributed by atoms with E-state index < -0.39 is 0 Å². The lowest BCUT2D eigenvalue weighted by Gasteiger charge is -2.26. The molecule has 0 spiro atoms. The maximum absolute atomic E-state index is 9.92. The quantitative estimate of drug-likeness (QED) is 0.302. The van der Waals surface area contributed by atoms with E-state index in [1.807, 2.05) is 0 Å². The topological polar surface area (TPSA) is 74.8 Å². The van der Waals surface area contributed by atoms with E-state index in [0.717, 1.165) is 25.7 Å². The second kappa shape index (κ2) is 6.74. The Morgan fingerprint density at radius 3 is 2.73 bits per heavy atom. The van der Waals surface area contributed by atoms with Crippen molar-refractivity contribution in [1.82, 2.24) is 0 Å². The number of ether oxygens (including phenoxy) is 1. The van der Waals surface area contributed by atoms with Crippen LogP contribution in [0, 0.1) is 17.4 Å². The minimum atomic E-state index is 0.151. The van der Waals surface area contributed by atoms with Gasteiger partial charge in [0.2, 0.25) is 12.3 Å². The van der Waals surface area contributed by atoms with Crippen LogP contribution in [-0.2, 0) is 9.53 Å². The summed E-state index contributed by atoms with van der Waals surface area (Å²) in [4.78, 5) is 16.8. The van der Waals surface area contributed by atoms with E-state index in [2.05, 4.69) is 9.98 Å². The minimum absolute atomic E-state index is 0.151. The van der Waals surface area contributed by atoms with Crippen LogP contribution < -0.4 is 0 Å². The van der Waals surface area contributed by atoms with E-state index in [1.165, 1.54) is 6.40 Å². The first-order valence-electron chi connectivity index (χ1n) is 4.96. The summed E-state index contributed by atoms with van der Waals surface area (Å²) in [5, 5.41) is 8.16. The first kappa shape index (κ1) is 11.4. The molecule has 0 radical (unpaired) electrons. The fourth-order valence-electron chi connectivity index (χ4n) is 1.76. The van der Waals surface area contributed by atoms with Gasteiger partial charge in [0.25, 0.3) is 0 Å². The van der Waals surface area contributed by atoms with Crippen LogP contribution in [0.3, 0.4) is 0 Å². The summed E-state index contributed by atoms with van der Waals surface area (Å²) in [6.07, 6.45) is 8.39. The normalized spacial score (nSPS) is 25.5. The molecular formula is C10H13N3O2. The predicted octanol–water partition coefficient (Wildman–Crippen LogP) is 1.41. The number of carbonyl (C=O) groups excluding carboxylic acids is 1. The van der Waals surface area contributed by atoms with E-state index in [1.54, 1.807) is 12.3 Å². The third kappa shape index (κ3) is 4.39. The van der Waals surface area contributed by atoms with Gasteiger partial charge in [-0.05, 0) is 31.6 Å². The molecule has 0 saturated heterocycles. The molecule has 1 aliphatic rings. The first-order chi connectivity index (χ1) is 7.36. The summed E-state index contributed by atoms with van der Waals surface area (Å²) in [5.41, 5.74) is 0. The number of rotatable bonds is 4. The third-order valence-electron chi connectivity index (χ3n) is 2.57. The molecule has 0 atom stereocenters. The van der Waals surface area contributed by atoms with Crippen LogP contribution in [0.25, 0.3) is 0 Å². The van der Waals surface area contributed by atoms with Crippen LogP contribution in [0.4, 0.5) is 0 Å². The molecule has 0 aromatic heterocycles. The van der Waals surface area contributed by atoms with Crippen molar-refractivity contribution in [2.75, 3.05) is 6.54 Å². The Bertz CT molecular complexity index is 294. The highest BCUT2D eigenvalue weighted by atomic mass is 16.5. The number of hydrogen-bond donors (Lipinski definition) is 0. The van der Waals surface area contributed by atoms with Crippen LogP contribution in [-0.4, -0.2) is 25.1 Å². The molecule has 0 heterocycles. The summed E-state index contributed by atoms with van der Waals surface area (Å²) in [6.45, 7) is 0.572. The Kier molecular flexibility index (Phi) is 5.13. The van der Waals surface area contributed by atoms with Crippen LogP contribution in [0.2, 0.25) is 0 Å². The van der Waals surface area contributed by atoms with Crippen molar-refractivity contribution >= 4 is 12.5 Å². The van der Waals surface area contributed by atoms with Crippen molar-refractivity contribution in [2.24, 2.45) is 15.9 Å². The van der Waals surface area contributed by atoms with Crippen molar-refractivity contribution in [1.29, 1.82) is 5.26 Å². The molecular weight excluding hydrogens is 194 g/mol. The molecule has 0 aliphatic heterocycles. The van der Waals surface area contributed by atoms with Crippen molar-refractivity contribution < 1.29 is 9.53 Å². The number of nitriles is 1. The standard InChI is InChI=1S/C10H13N3O2/c11-6-13-8-15-10-3-1-9(2-4-10)5-12-7-14/h8-10H,1-5H2/b13-8+/t9-,10-. The second-order valence-corrected chi connectivity index (χ2v) is 3.55. The molecule has 0 N–H and O–H groups in total. The van der Waals surface area contributed by atoms with Gasteiger partial charge in [-0.15, -0.1) is 4.99 Å². The zero-order valence-electron chi connectivity index (χ0n) is 8.43. The van der Waals surface area contributed by atoms with Gasteiger partial charge in [-0.1, -0.05) is 0 Å². The monoisotopic (exact) mass is 207 g/mol. The van der Waals surface area contributed by atoms with Gasteiger partial charge in [0.15, 0.2) is 6.40 Å². The lowest BCUT2D eigenvalue weighted by molar-refractivity contribution is 0.130. The molecule has 0 unspecified atom stereocenters. The molecule has 1 fully saturated rings. The van der Waals surface area contributed by atoms with E-state index in [4.69, 9.17) is 10.00 Å². The van der Waals surface area contributed by atoms with Gasteiger partial charge in [0.05, 0.1) is 12.6 Å². The van der Waals surface area contributed by atoms with E-state index >= 15 is 0 Å². The fraction of sp³-hybridized carbons (Fsp3) is 0.700. The van der Waals surface area contributed by atoms with Gasteiger partial charge in [-0.2, -0.15) is 5.26 Å². The Hall–Kier alpha value is -1.66. The van der Waals surface area contributed by atoms with Crippen molar-refractivity contribution in [2.45, 2.75) is 31.8 Å². The van der Waals surface area contributed by atoms with Crippen molar-refractivity contribution in [3.8, 4) is 6.19 Å². The summed E-state index contributed by atoms with van der Waals surface area (Å²) >= 11 is 0. The molecule has 5 heteroatoms. The highest BCUT2D eigenvalue weighted by Gasteiger charge is 2.21. The van der Waals surface area contributed by atoms with Crippen molar-refractivity contribution in [3.05, 3.63) is 0 Å². The van der Waals surface area contributed by atoms with Crippen LogP contribution in [0.5, 0.6) is 0 Å². The Balaban J connectivity index is 2.21. The number of isocyanates is 1. The Morgan fingerprint density at radius 1 is 1.40 bits per heavy atom. The zero-order valence-corrected chi connectivity index (χ0v) is 8.43. The Labute approximate surface area is 88.5 Å². The van der Waals surface area contributed by atoms with Gasteiger partial charge < -0.3 is 4.74 Å². The molecule has 0 bridgehead atoms. The largest absolute Gasteiger partial charge is 0.479 e. The van der Waals surface area contributed by atoms with Gasteiger partial charge in [-0.25, -0.2) is 9.79 Å². The van der Waals surface area contributed by atoms with E-state index in [9.17, 15) is 4.79 Å². The van der Waals surface area contributed by atoms with Gasteiger partial charge in [0, 0.05) is 0 Å². The summed E-state index contributed by atoms with van der Waals surface area (Å²) in [6, 6.07) is 0. The molecule has 80 valence electrons. The highest BCUT2D eigenvalue weighted by Crippen LogP contribution is 2.25. The molecule has 15 heavy (non-hydrogen) atoms. The maximum Gasteiger partial charge on any atom is 0.234 e. The maximum atomic E-state index is 9.92. The lowest BCUT2D eigenvalue weighted by atomic mass is 9.87. The smallest absolute Gasteiger partial charge is 0.234 e. The van der Waals surface area contributed by atoms with Crippen LogP contribution >= 0.6 is 0 Å². The first-order valence-corrected chi connectivity index (χ1v) is 4.96. The molecule has 0 aromatic rings. The second-order valence-electron chi connectivity index (χ2n) is 3.55. The Morgan fingerprint density at radius 2 is 2.13 bits per heavy atom. The summed E-state index contributed by atoms with van der Waals surface area (Å²) in [7, 11) is 0. The molecule has 1 saturated carbocycles. The van der Waals surface area contributed by atoms with E-state index in [-0.39, 0.29) is 6.10 Å². The molecule has 0 aromatic carbocycles. The molecule has 1 rings (SSSR count).